The normalized spacial score (nSPS) is 18.5. The number of carbonyl (C=O) groups excluding carboxylic acids is 2. The minimum absolute atomic E-state index is 0.0144. The number of nitrogens with zero attached hydrogens (tertiary/aromatic N) is 1. The molecule has 1 aliphatic heterocycles. The largest absolute Gasteiger partial charge is 0.392 e. The Morgan fingerprint density at radius 1 is 0.833 bits per heavy atom. The predicted octanol–water partition coefficient (Wildman–Crippen LogP) is 7.36. The third-order valence-corrected chi connectivity index (χ3v) is 9.15. The molecule has 5 rings (SSSR count). The molecule has 0 aromatic heterocycles. The van der Waals surface area contributed by atoms with Crippen molar-refractivity contribution >= 4 is 28.3 Å². The summed E-state index contributed by atoms with van der Waals surface area (Å²) in [6, 6.07) is 30.7. The lowest BCUT2D eigenvalue weighted by molar-refractivity contribution is -0.253. The van der Waals surface area contributed by atoms with Crippen LogP contribution >= 0.6 is 0 Å². The van der Waals surface area contributed by atoms with Crippen molar-refractivity contribution in [2.45, 2.75) is 83.0 Å². The molecule has 1 fully saturated rings. The first-order valence-electron chi connectivity index (χ1n) is 16.8. The van der Waals surface area contributed by atoms with E-state index < -0.39 is 12.2 Å². The van der Waals surface area contributed by atoms with E-state index in [1.807, 2.05) is 48.5 Å². The first kappa shape index (κ1) is 35.2. The maximum absolute atomic E-state index is 12.7. The highest BCUT2D eigenvalue weighted by molar-refractivity contribution is 5.90. The van der Waals surface area contributed by atoms with E-state index in [1.54, 1.807) is 5.48 Å². The van der Waals surface area contributed by atoms with E-state index in [4.69, 9.17) is 14.7 Å². The number of ether oxygens (including phenoxy) is 2. The Morgan fingerprint density at radius 3 is 2.29 bits per heavy atom. The van der Waals surface area contributed by atoms with Gasteiger partial charge in [-0.05, 0) is 72.5 Å². The van der Waals surface area contributed by atoms with Crippen LogP contribution < -0.4 is 10.8 Å². The van der Waals surface area contributed by atoms with Crippen LogP contribution in [0.2, 0.25) is 0 Å². The molecule has 0 spiro atoms. The first-order valence-corrected chi connectivity index (χ1v) is 16.8. The lowest BCUT2D eigenvalue weighted by atomic mass is 9.98. The first-order chi connectivity index (χ1) is 23.3. The van der Waals surface area contributed by atoms with Crippen molar-refractivity contribution in [2.75, 3.05) is 18.9 Å². The number of fused-ring (bicyclic) bond motifs is 1. The number of nitrogens with one attached hydrogen (secondary N) is 2. The lowest BCUT2D eigenvalue weighted by Crippen LogP contribution is -2.38. The summed E-state index contributed by atoms with van der Waals surface area (Å²) in [5.74, 6) is -0.465. The highest BCUT2D eigenvalue weighted by Crippen LogP contribution is 2.39. The number of benzene rings is 4. The standard InChI is InChI=1S/C39H47N3O6/c1-27(31-21-20-29-10-7-8-11-32(29)22-31)42(2)25-35-24-36(30-18-16-28(26-43)17-19-30)48-39(47-35)33-12-9-13-34(23-33)40-37(44)14-5-3-4-6-15-38(45)41-46/h7-13,16-23,27,35-36,39,43,46H,3-6,14-15,24-26H2,1-2H3,(H,40,44)(H,41,45)/t27-,35+,36-,39-/m1/s1. The van der Waals surface area contributed by atoms with Crippen molar-refractivity contribution in [3.05, 3.63) is 113 Å². The quantitative estimate of drug-likeness (QED) is 0.0601. The summed E-state index contributed by atoms with van der Waals surface area (Å²) >= 11 is 0. The third kappa shape index (κ3) is 9.71. The van der Waals surface area contributed by atoms with Crippen LogP contribution in [0.15, 0.2) is 91.0 Å². The second-order valence-corrected chi connectivity index (χ2v) is 12.7. The van der Waals surface area contributed by atoms with E-state index in [-0.39, 0.29) is 37.2 Å². The van der Waals surface area contributed by atoms with Gasteiger partial charge in [-0.2, -0.15) is 0 Å². The zero-order valence-corrected chi connectivity index (χ0v) is 27.8. The Morgan fingerprint density at radius 2 is 1.56 bits per heavy atom. The Kier molecular flexibility index (Phi) is 12.7. The molecule has 9 nitrogen and oxygen atoms in total. The summed E-state index contributed by atoms with van der Waals surface area (Å²) in [7, 11) is 2.13. The van der Waals surface area contributed by atoms with E-state index in [1.165, 1.54) is 16.3 Å². The smallest absolute Gasteiger partial charge is 0.243 e. The van der Waals surface area contributed by atoms with Crippen LogP contribution in [-0.2, 0) is 25.7 Å². The molecular formula is C39H47N3O6. The van der Waals surface area contributed by atoms with Gasteiger partial charge in [-0.25, -0.2) is 5.48 Å². The molecule has 0 unspecified atom stereocenters. The molecule has 0 saturated carbocycles. The van der Waals surface area contributed by atoms with E-state index in [2.05, 4.69) is 66.7 Å². The molecule has 4 aromatic carbocycles. The van der Waals surface area contributed by atoms with Gasteiger partial charge in [0.2, 0.25) is 11.8 Å². The van der Waals surface area contributed by atoms with Crippen LogP contribution in [0.3, 0.4) is 0 Å². The number of aliphatic hydroxyl groups is 1. The number of hydrogen-bond acceptors (Lipinski definition) is 7. The second-order valence-electron chi connectivity index (χ2n) is 12.7. The summed E-state index contributed by atoms with van der Waals surface area (Å²) in [5.41, 5.74) is 6.25. The van der Waals surface area contributed by atoms with Crippen molar-refractivity contribution in [1.82, 2.24) is 10.4 Å². The molecule has 4 aromatic rings. The molecule has 48 heavy (non-hydrogen) atoms. The minimum Gasteiger partial charge on any atom is -0.392 e. The molecule has 9 heteroatoms. The van der Waals surface area contributed by atoms with Gasteiger partial charge < -0.3 is 19.9 Å². The van der Waals surface area contributed by atoms with Gasteiger partial charge in [0.1, 0.15) is 0 Å². The summed E-state index contributed by atoms with van der Waals surface area (Å²) in [6.07, 6.45) is 3.37. The van der Waals surface area contributed by atoms with E-state index in [0.29, 0.717) is 37.9 Å². The molecule has 0 radical (unpaired) electrons. The monoisotopic (exact) mass is 653 g/mol. The molecule has 1 saturated heterocycles. The molecule has 0 aliphatic carbocycles. The van der Waals surface area contributed by atoms with E-state index in [0.717, 1.165) is 29.5 Å². The van der Waals surface area contributed by atoms with Gasteiger partial charge in [0, 0.05) is 43.1 Å². The number of unbranched alkanes of at least 4 members (excludes halogenated alkanes) is 3. The number of aliphatic hydroxyl groups excluding tert-OH is 1. The summed E-state index contributed by atoms with van der Waals surface area (Å²) in [5, 5.41) is 23.6. The van der Waals surface area contributed by atoms with Gasteiger partial charge in [-0.1, -0.05) is 85.6 Å². The van der Waals surface area contributed by atoms with Crippen molar-refractivity contribution in [3.63, 3.8) is 0 Å². The number of anilines is 1. The fourth-order valence-electron chi connectivity index (χ4n) is 6.20. The molecule has 254 valence electrons. The van der Waals surface area contributed by atoms with Gasteiger partial charge >= 0.3 is 0 Å². The maximum Gasteiger partial charge on any atom is 0.243 e. The molecule has 4 atom stereocenters. The number of hydrogen-bond donors (Lipinski definition) is 4. The molecular weight excluding hydrogens is 606 g/mol. The molecule has 0 bridgehead atoms. The SMILES string of the molecule is C[C@H](c1ccc2ccccc2c1)N(C)C[C@@H]1C[C@H](c2ccc(CO)cc2)O[C@H](c2cccc(NC(=O)CCCCCCC(=O)NO)c2)O1. The fraction of sp³-hybridized carbons (Fsp3) is 0.385. The number of carbonyl (C=O) groups is 2. The van der Waals surface area contributed by atoms with Crippen molar-refractivity contribution in [3.8, 4) is 0 Å². The Hall–Kier alpha value is -4.12. The number of amides is 2. The van der Waals surface area contributed by atoms with Crippen molar-refractivity contribution in [1.29, 1.82) is 0 Å². The number of likely N-dealkylation sites (N-methyl/N-ethyl adjacent to an activating group) is 1. The van der Waals surface area contributed by atoms with Gasteiger partial charge in [-0.15, -0.1) is 0 Å². The van der Waals surface area contributed by atoms with Crippen molar-refractivity contribution < 1.29 is 29.4 Å². The zero-order chi connectivity index (χ0) is 33.9. The van der Waals surface area contributed by atoms with E-state index in [9.17, 15) is 14.7 Å². The van der Waals surface area contributed by atoms with Gasteiger partial charge in [0.15, 0.2) is 6.29 Å². The predicted molar refractivity (Wildman–Crippen MR) is 186 cm³/mol. The zero-order valence-electron chi connectivity index (χ0n) is 27.8. The van der Waals surface area contributed by atoms with Crippen LogP contribution in [0.1, 0.15) is 92.6 Å². The average molecular weight is 654 g/mol. The van der Waals surface area contributed by atoms with Crippen molar-refractivity contribution in [2.24, 2.45) is 0 Å². The topological polar surface area (TPSA) is 120 Å². The summed E-state index contributed by atoms with van der Waals surface area (Å²) in [6.45, 7) is 2.90. The Labute approximate surface area is 282 Å². The van der Waals surface area contributed by atoms with Gasteiger partial charge in [-0.3, -0.25) is 19.7 Å². The Bertz CT molecular complexity index is 1640. The molecule has 1 heterocycles. The molecule has 1 aliphatic rings. The fourth-order valence-corrected chi connectivity index (χ4v) is 6.20. The van der Waals surface area contributed by atoms with E-state index >= 15 is 0 Å². The van der Waals surface area contributed by atoms with Crippen LogP contribution in [-0.4, -0.2) is 46.7 Å². The number of hydroxylamine groups is 1. The summed E-state index contributed by atoms with van der Waals surface area (Å²) in [4.78, 5) is 26.2. The second kappa shape index (κ2) is 17.3. The maximum atomic E-state index is 12.7. The van der Waals surface area contributed by atoms with Gasteiger partial charge in [0.25, 0.3) is 0 Å². The van der Waals surface area contributed by atoms with Gasteiger partial charge in [0.05, 0.1) is 18.8 Å². The van der Waals surface area contributed by atoms with Crippen LogP contribution in [0.5, 0.6) is 0 Å². The number of rotatable bonds is 15. The highest BCUT2D eigenvalue weighted by atomic mass is 16.7. The average Bonchev–Trinajstić information content (AvgIpc) is 3.12. The van der Waals surface area contributed by atoms with Crippen LogP contribution in [0.4, 0.5) is 5.69 Å². The molecule has 2 amide bonds. The van der Waals surface area contributed by atoms with Crippen LogP contribution in [0, 0.1) is 0 Å². The lowest BCUT2D eigenvalue weighted by Gasteiger charge is -2.39. The highest BCUT2D eigenvalue weighted by Gasteiger charge is 2.33. The summed E-state index contributed by atoms with van der Waals surface area (Å²) < 4.78 is 13.2. The molecule has 4 N–H and O–H groups in total. The Balaban J connectivity index is 1.25. The minimum atomic E-state index is -0.636. The third-order valence-electron chi connectivity index (χ3n) is 9.15. The van der Waals surface area contributed by atoms with Crippen LogP contribution in [0.25, 0.3) is 10.8 Å².